The predicted molar refractivity (Wildman–Crippen MR) is 95.9 cm³/mol. The highest BCUT2D eigenvalue weighted by atomic mass is 79.9. The van der Waals surface area contributed by atoms with Crippen LogP contribution < -0.4 is 5.32 Å². The molecule has 2 N–H and O–H groups in total. The van der Waals surface area contributed by atoms with E-state index in [1.807, 2.05) is 13.0 Å². The van der Waals surface area contributed by atoms with Gasteiger partial charge in [0, 0.05) is 41.1 Å². The minimum atomic E-state index is 0.124. The van der Waals surface area contributed by atoms with Crippen molar-refractivity contribution in [2.75, 3.05) is 26.2 Å². The number of hydrogen-bond acceptors (Lipinski definition) is 4. The zero-order valence-electron chi connectivity index (χ0n) is 12.9. The van der Waals surface area contributed by atoms with Crippen molar-refractivity contribution in [2.45, 2.75) is 19.9 Å². The molecule has 22 heavy (non-hydrogen) atoms. The topological polar surface area (TPSA) is 35.5 Å². The molecule has 1 aliphatic rings. The molecule has 1 aromatic heterocycles. The van der Waals surface area contributed by atoms with E-state index in [-0.39, 0.29) is 6.04 Å². The number of rotatable bonds is 3. The summed E-state index contributed by atoms with van der Waals surface area (Å²) in [5, 5.41) is 16.2. The number of aryl methyl sites for hydroxylation is 1. The van der Waals surface area contributed by atoms with Gasteiger partial charge in [-0.05, 0) is 42.5 Å². The van der Waals surface area contributed by atoms with E-state index in [2.05, 4.69) is 50.6 Å². The maximum atomic E-state index is 10.6. The number of nitrogens with zero attached hydrogens (tertiary/aromatic N) is 1. The summed E-state index contributed by atoms with van der Waals surface area (Å²) in [6, 6.07) is 6.25. The summed E-state index contributed by atoms with van der Waals surface area (Å²) in [5.74, 6) is 0.398. The molecule has 1 saturated heterocycles. The third-order valence-corrected chi connectivity index (χ3v) is 6.46. The Hall–Kier alpha value is -0.880. The van der Waals surface area contributed by atoms with Gasteiger partial charge in [-0.3, -0.25) is 4.90 Å². The first kappa shape index (κ1) is 16.0. The standard InChI is InChI=1S/C17H21BrN2OS/c1-11-10-13(21)15(12(2)16(11)18)17(14-4-3-9-22-14)20-7-5-19-6-8-20/h3-4,9-10,17,19,21H,5-8H2,1-2H3/t17-/m1/s1. The molecular weight excluding hydrogens is 360 g/mol. The summed E-state index contributed by atoms with van der Waals surface area (Å²) in [6.07, 6.45) is 0. The second-order valence-corrected chi connectivity index (χ2v) is 7.54. The molecule has 0 unspecified atom stereocenters. The van der Waals surface area contributed by atoms with Gasteiger partial charge in [0.25, 0.3) is 0 Å². The summed E-state index contributed by atoms with van der Waals surface area (Å²) in [6.45, 7) is 8.09. The van der Waals surface area contributed by atoms with Crippen molar-refractivity contribution in [1.29, 1.82) is 0 Å². The highest BCUT2D eigenvalue weighted by Gasteiger charge is 2.29. The Morgan fingerprint density at radius 2 is 2.05 bits per heavy atom. The molecule has 1 atom stereocenters. The van der Waals surface area contributed by atoms with Crippen LogP contribution in [0.4, 0.5) is 0 Å². The van der Waals surface area contributed by atoms with Crippen LogP contribution in [0, 0.1) is 13.8 Å². The molecule has 1 aliphatic heterocycles. The molecule has 1 aromatic carbocycles. The van der Waals surface area contributed by atoms with Gasteiger partial charge in [0.15, 0.2) is 0 Å². The quantitative estimate of drug-likeness (QED) is 0.849. The van der Waals surface area contributed by atoms with Gasteiger partial charge in [-0.15, -0.1) is 11.3 Å². The van der Waals surface area contributed by atoms with E-state index in [0.29, 0.717) is 5.75 Å². The molecule has 0 aliphatic carbocycles. The molecule has 3 rings (SSSR count). The molecule has 1 fully saturated rings. The molecule has 0 spiro atoms. The van der Waals surface area contributed by atoms with Crippen molar-refractivity contribution >= 4 is 27.3 Å². The molecule has 2 aromatic rings. The van der Waals surface area contributed by atoms with Crippen molar-refractivity contribution in [2.24, 2.45) is 0 Å². The van der Waals surface area contributed by atoms with E-state index >= 15 is 0 Å². The van der Waals surface area contributed by atoms with E-state index in [9.17, 15) is 5.11 Å². The van der Waals surface area contributed by atoms with E-state index in [0.717, 1.165) is 47.3 Å². The first-order valence-electron chi connectivity index (χ1n) is 7.56. The number of piperazine rings is 1. The van der Waals surface area contributed by atoms with Gasteiger partial charge < -0.3 is 10.4 Å². The Morgan fingerprint density at radius 1 is 1.32 bits per heavy atom. The fourth-order valence-corrected chi connectivity index (χ4v) is 4.38. The van der Waals surface area contributed by atoms with Crippen molar-refractivity contribution < 1.29 is 5.11 Å². The third kappa shape index (κ3) is 2.95. The number of halogens is 1. The van der Waals surface area contributed by atoms with Crippen LogP contribution in [-0.2, 0) is 0 Å². The summed E-state index contributed by atoms with van der Waals surface area (Å²) in [7, 11) is 0. The number of thiophene rings is 1. The lowest BCUT2D eigenvalue weighted by Gasteiger charge is -2.36. The number of phenolic OH excluding ortho intramolecular Hbond substituents is 1. The minimum Gasteiger partial charge on any atom is -0.508 e. The van der Waals surface area contributed by atoms with Crippen LogP contribution in [0.3, 0.4) is 0 Å². The fraction of sp³-hybridized carbons (Fsp3) is 0.412. The molecule has 0 amide bonds. The number of hydrogen-bond donors (Lipinski definition) is 2. The van der Waals surface area contributed by atoms with Crippen molar-refractivity contribution in [1.82, 2.24) is 10.2 Å². The van der Waals surface area contributed by atoms with Crippen LogP contribution in [0.2, 0.25) is 0 Å². The lowest BCUT2D eigenvalue weighted by molar-refractivity contribution is 0.197. The Balaban J connectivity index is 2.12. The van der Waals surface area contributed by atoms with Crippen LogP contribution in [0.1, 0.15) is 27.6 Å². The highest BCUT2D eigenvalue weighted by Crippen LogP contribution is 2.41. The van der Waals surface area contributed by atoms with E-state index in [1.54, 1.807) is 11.3 Å². The first-order chi connectivity index (χ1) is 10.6. The zero-order valence-corrected chi connectivity index (χ0v) is 15.3. The SMILES string of the molecule is Cc1cc(O)c([C@@H](c2cccs2)N2CCNCC2)c(C)c1Br. The lowest BCUT2D eigenvalue weighted by Crippen LogP contribution is -2.45. The van der Waals surface area contributed by atoms with Crippen LogP contribution >= 0.6 is 27.3 Å². The molecule has 118 valence electrons. The number of benzene rings is 1. The van der Waals surface area contributed by atoms with Gasteiger partial charge >= 0.3 is 0 Å². The van der Waals surface area contributed by atoms with Gasteiger partial charge in [-0.1, -0.05) is 22.0 Å². The number of nitrogens with one attached hydrogen (secondary N) is 1. The second-order valence-electron chi connectivity index (χ2n) is 5.77. The maximum Gasteiger partial charge on any atom is 0.121 e. The van der Waals surface area contributed by atoms with E-state index in [4.69, 9.17) is 0 Å². The summed E-state index contributed by atoms with van der Waals surface area (Å²) in [5.41, 5.74) is 3.24. The highest BCUT2D eigenvalue weighted by molar-refractivity contribution is 9.10. The number of aromatic hydroxyl groups is 1. The van der Waals surface area contributed by atoms with Gasteiger partial charge in [0.1, 0.15) is 5.75 Å². The summed E-state index contributed by atoms with van der Waals surface area (Å²) >= 11 is 5.44. The first-order valence-corrected chi connectivity index (χ1v) is 9.23. The monoisotopic (exact) mass is 380 g/mol. The number of phenols is 1. The van der Waals surface area contributed by atoms with E-state index in [1.165, 1.54) is 4.88 Å². The largest absolute Gasteiger partial charge is 0.508 e. The van der Waals surface area contributed by atoms with Crippen LogP contribution in [-0.4, -0.2) is 36.2 Å². The lowest BCUT2D eigenvalue weighted by atomic mass is 9.95. The molecule has 0 radical (unpaired) electrons. The Bertz CT molecular complexity index is 651. The van der Waals surface area contributed by atoms with Gasteiger partial charge in [-0.25, -0.2) is 0 Å². The third-order valence-electron chi connectivity index (χ3n) is 4.31. The molecule has 5 heteroatoms. The fourth-order valence-electron chi connectivity index (χ4n) is 3.19. The Morgan fingerprint density at radius 3 is 2.68 bits per heavy atom. The van der Waals surface area contributed by atoms with Gasteiger partial charge in [0.2, 0.25) is 0 Å². The van der Waals surface area contributed by atoms with Crippen molar-refractivity contribution in [3.05, 3.63) is 49.6 Å². The Labute approximate surface area is 144 Å². The second kappa shape index (κ2) is 6.71. The maximum absolute atomic E-state index is 10.6. The summed E-state index contributed by atoms with van der Waals surface area (Å²) < 4.78 is 1.09. The van der Waals surface area contributed by atoms with Crippen LogP contribution in [0.5, 0.6) is 5.75 Å². The Kier molecular flexibility index (Phi) is 4.88. The molecule has 2 heterocycles. The smallest absolute Gasteiger partial charge is 0.121 e. The van der Waals surface area contributed by atoms with Gasteiger partial charge in [0.05, 0.1) is 6.04 Å². The molecule has 3 nitrogen and oxygen atoms in total. The normalized spacial score (nSPS) is 17.6. The van der Waals surface area contributed by atoms with Crippen molar-refractivity contribution in [3.8, 4) is 5.75 Å². The average Bonchev–Trinajstić information content (AvgIpc) is 3.04. The van der Waals surface area contributed by atoms with Crippen LogP contribution in [0.15, 0.2) is 28.1 Å². The predicted octanol–water partition coefficient (Wildman–Crippen LogP) is 3.83. The average molecular weight is 381 g/mol. The zero-order chi connectivity index (χ0) is 15.7. The minimum absolute atomic E-state index is 0.124. The van der Waals surface area contributed by atoms with E-state index < -0.39 is 0 Å². The molecule has 0 bridgehead atoms. The van der Waals surface area contributed by atoms with Crippen LogP contribution in [0.25, 0.3) is 0 Å². The molecule has 0 saturated carbocycles. The van der Waals surface area contributed by atoms with Gasteiger partial charge in [-0.2, -0.15) is 0 Å². The summed E-state index contributed by atoms with van der Waals surface area (Å²) in [4.78, 5) is 3.75. The van der Waals surface area contributed by atoms with Crippen molar-refractivity contribution in [3.63, 3.8) is 0 Å². The molecular formula is C17H21BrN2OS.